The van der Waals surface area contributed by atoms with Gasteiger partial charge in [-0.1, -0.05) is 41.9 Å². The number of nitrogens with one attached hydrogen (secondary N) is 1. The standard InChI is InChI=1S/C22H23ClN4O3S/c1-16-21(13-24-27(16)19-9-7-18(23)8-10-19)25-22(28)26-12-11-20(14-26)31(29,30)15-17-5-3-2-4-6-17/h2-10,13,20H,11-12,14-15H2,1H3,(H,25,28). The van der Waals surface area contributed by atoms with Crippen molar-refractivity contribution in [2.75, 3.05) is 18.4 Å². The molecule has 1 fully saturated rings. The van der Waals surface area contributed by atoms with Crippen LogP contribution in [0.15, 0.2) is 60.8 Å². The van der Waals surface area contributed by atoms with Crippen LogP contribution in [0.2, 0.25) is 5.02 Å². The summed E-state index contributed by atoms with van der Waals surface area (Å²) >= 11 is 5.94. The van der Waals surface area contributed by atoms with Crippen LogP contribution in [0.25, 0.3) is 5.69 Å². The fourth-order valence-corrected chi connectivity index (χ4v) is 5.59. The molecule has 2 amide bonds. The van der Waals surface area contributed by atoms with E-state index in [1.165, 1.54) is 0 Å². The van der Waals surface area contributed by atoms with E-state index < -0.39 is 15.1 Å². The zero-order valence-corrected chi connectivity index (χ0v) is 18.6. The van der Waals surface area contributed by atoms with E-state index in [4.69, 9.17) is 11.6 Å². The zero-order chi connectivity index (χ0) is 22.0. The summed E-state index contributed by atoms with van der Waals surface area (Å²) < 4.78 is 27.3. The average molecular weight is 459 g/mol. The van der Waals surface area contributed by atoms with Gasteiger partial charge in [0.25, 0.3) is 0 Å². The van der Waals surface area contributed by atoms with E-state index in [9.17, 15) is 13.2 Å². The van der Waals surface area contributed by atoms with Crippen molar-refractivity contribution in [2.24, 2.45) is 0 Å². The van der Waals surface area contributed by atoms with Gasteiger partial charge in [0, 0.05) is 18.1 Å². The average Bonchev–Trinajstić information content (AvgIpc) is 3.38. The number of hydrogen-bond acceptors (Lipinski definition) is 4. The molecule has 1 aromatic heterocycles. The first-order chi connectivity index (χ1) is 14.8. The van der Waals surface area contributed by atoms with Crippen molar-refractivity contribution in [3.63, 3.8) is 0 Å². The predicted molar refractivity (Wildman–Crippen MR) is 121 cm³/mol. The van der Waals surface area contributed by atoms with Crippen LogP contribution >= 0.6 is 11.6 Å². The third kappa shape index (κ3) is 4.75. The second kappa shape index (κ2) is 8.72. The molecule has 0 bridgehead atoms. The van der Waals surface area contributed by atoms with Gasteiger partial charge in [0.1, 0.15) is 0 Å². The Balaban J connectivity index is 1.40. The lowest BCUT2D eigenvalue weighted by molar-refractivity contribution is 0.222. The quantitative estimate of drug-likeness (QED) is 0.625. The van der Waals surface area contributed by atoms with Crippen molar-refractivity contribution < 1.29 is 13.2 Å². The number of amides is 2. The summed E-state index contributed by atoms with van der Waals surface area (Å²) in [6.07, 6.45) is 2.02. The topological polar surface area (TPSA) is 84.3 Å². The highest BCUT2D eigenvalue weighted by Gasteiger charge is 2.35. The molecule has 1 aliphatic rings. The summed E-state index contributed by atoms with van der Waals surface area (Å²) in [5.74, 6) is -0.0130. The number of likely N-dealkylation sites (tertiary alicyclic amines) is 1. The SMILES string of the molecule is Cc1c(NC(=O)N2CCC(S(=O)(=O)Cc3ccccc3)C2)cnn1-c1ccc(Cl)cc1. The maximum Gasteiger partial charge on any atom is 0.321 e. The Morgan fingerprint density at radius 3 is 2.58 bits per heavy atom. The molecule has 1 saturated heterocycles. The molecule has 0 saturated carbocycles. The van der Waals surface area contributed by atoms with Crippen molar-refractivity contribution in [1.82, 2.24) is 14.7 Å². The van der Waals surface area contributed by atoms with E-state index in [-0.39, 0.29) is 18.3 Å². The van der Waals surface area contributed by atoms with E-state index in [0.717, 1.165) is 16.9 Å². The molecule has 3 aromatic rings. The number of carbonyl (C=O) groups is 1. The van der Waals surface area contributed by atoms with Crippen molar-refractivity contribution >= 4 is 33.2 Å². The molecule has 1 unspecified atom stereocenters. The third-order valence-electron chi connectivity index (χ3n) is 5.47. The molecule has 2 heterocycles. The zero-order valence-electron chi connectivity index (χ0n) is 17.0. The van der Waals surface area contributed by atoms with E-state index in [2.05, 4.69) is 10.4 Å². The van der Waals surface area contributed by atoms with Crippen molar-refractivity contribution in [3.05, 3.63) is 77.1 Å². The van der Waals surface area contributed by atoms with E-state index in [0.29, 0.717) is 23.7 Å². The van der Waals surface area contributed by atoms with Crippen LogP contribution in [0.5, 0.6) is 0 Å². The monoisotopic (exact) mass is 458 g/mol. The second-order valence-corrected chi connectivity index (χ2v) is 10.3. The Morgan fingerprint density at radius 1 is 1.16 bits per heavy atom. The van der Waals surface area contributed by atoms with Gasteiger partial charge in [0.15, 0.2) is 9.84 Å². The molecule has 1 atom stereocenters. The Kier molecular flexibility index (Phi) is 6.02. The molecule has 9 heteroatoms. The van der Waals surface area contributed by atoms with Gasteiger partial charge in [0.2, 0.25) is 0 Å². The Hall–Kier alpha value is -2.84. The van der Waals surface area contributed by atoms with Crippen LogP contribution in [0.3, 0.4) is 0 Å². The highest BCUT2D eigenvalue weighted by molar-refractivity contribution is 7.91. The van der Waals surface area contributed by atoms with Crippen LogP contribution in [0, 0.1) is 6.92 Å². The molecule has 4 rings (SSSR count). The number of halogens is 1. The van der Waals surface area contributed by atoms with Gasteiger partial charge in [-0.15, -0.1) is 0 Å². The molecule has 31 heavy (non-hydrogen) atoms. The van der Waals surface area contributed by atoms with Gasteiger partial charge in [-0.05, 0) is 43.2 Å². The molecular formula is C22H23ClN4O3S. The van der Waals surface area contributed by atoms with Crippen LogP contribution in [-0.2, 0) is 15.6 Å². The minimum atomic E-state index is -3.34. The van der Waals surface area contributed by atoms with Crippen LogP contribution in [0.1, 0.15) is 17.7 Å². The molecule has 0 aliphatic carbocycles. The largest absolute Gasteiger partial charge is 0.323 e. The highest BCUT2D eigenvalue weighted by Crippen LogP contribution is 2.24. The van der Waals surface area contributed by atoms with Gasteiger partial charge < -0.3 is 10.2 Å². The van der Waals surface area contributed by atoms with Gasteiger partial charge in [-0.25, -0.2) is 17.9 Å². The fourth-order valence-electron chi connectivity index (χ4n) is 3.70. The van der Waals surface area contributed by atoms with E-state index in [1.807, 2.05) is 37.3 Å². The first-order valence-electron chi connectivity index (χ1n) is 9.95. The fraction of sp³-hybridized carbons (Fsp3) is 0.273. The van der Waals surface area contributed by atoms with E-state index >= 15 is 0 Å². The van der Waals surface area contributed by atoms with Crippen molar-refractivity contribution in [3.8, 4) is 5.69 Å². The summed E-state index contributed by atoms with van der Waals surface area (Å²) in [6.45, 7) is 2.44. The summed E-state index contributed by atoms with van der Waals surface area (Å²) in [6, 6.07) is 16.0. The number of hydrogen-bond donors (Lipinski definition) is 1. The summed E-state index contributed by atoms with van der Waals surface area (Å²) in [5.41, 5.74) is 2.94. The number of nitrogens with zero attached hydrogens (tertiary/aromatic N) is 3. The molecule has 1 N–H and O–H groups in total. The minimum absolute atomic E-state index is 0.0130. The first kappa shape index (κ1) is 21.4. The predicted octanol–water partition coefficient (Wildman–Crippen LogP) is 4.06. The maximum atomic E-state index is 12.8. The molecule has 0 radical (unpaired) electrons. The van der Waals surface area contributed by atoms with Gasteiger partial charge in [0.05, 0.1) is 34.3 Å². The number of sulfone groups is 1. The summed E-state index contributed by atoms with van der Waals surface area (Å²) in [5, 5.41) is 7.27. The maximum absolute atomic E-state index is 12.8. The highest BCUT2D eigenvalue weighted by atomic mass is 35.5. The number of urea groups is 1. The first-order valence-corrected chi connectivity index (χ1v) is 12.0. The lowest BCUT2D eigenvalue weighted by atomic mass is 10.2. The summed E-state index contributed by atoms with van der Waals surface area (Å²) in [7, 11) is -3.34. The smallest absolute Gasteiger partial charge is 0.321 e. The van der Waals surface area contributed by atoms with Gasteiger partial charge in [-0.2, -0.15) is 5.10 Å². The normalized spacial score (nSPS) is 16.5. The van der Waals surface area contributed by atoms with E-state index in [1.54, 1.807) is 40.0 Å². The lowest BCUT2D eigenvalue weighted by Gasteiger charge is -2.17. The number of benzene rings is 2. The second-order valence-electron chi connectivity index (χ2n) is 7.61. The molecule has 0 spiro atoms. The molecule has 2 aromatic carbocycles. The Labute approximate surface area is 186 Å². The Morgan fingerprint density at radius 2 is 1.87 bits per heavy atom. The molecule has 162 valence electrons. The third-order valence-corrected chi connectivity index (χ3v) is 7.86. The number of rotatable bonds is 5. The Bertz CT molecular complexity index is 1180. The molecule has 7 nitrogen and oxygen atoms in total. The number of aromatic nitrogens is 2. The minimum Gasteiger partial charge on any atom is -0.323 e. The summed E-state index contributed by atoms with van der Waals surface area (Å²) in [4.78, 5) is 14.3. The van der Waals surface area contributed by atoms with Crippen LogP contribution < -0.4 is 5.32 Å². The molecular weight excluding hydrogens is 436 g/mol. The van der Waals surface area contributed by atoms with Crippen LogP contribution in [-0.4, -0.2) is 47.5 Å². The van der Waals surface area contributed by atoms with Crippen LogP contribution in [0.4, 0.5) is 10.5 Å². The van der Waals surface area contributed by atoms with Gasteiger partial charge in [-0.3, -0.25) is 0 Å². The van der Waals surface area contributed by atoms with Crippen molar-refractivity contribution in [2.45, 2.75) is 24.3 Å². The lowest BCUT2D eigenvalue weighted by Crippen LogP contribution is -2.35. The van der Waals surface area contributed by atoms with Crippen molar-refractivity contribution in [1.29, 1.82) is 0 Å². The molecule has 1 aliphatic heterocycles. The number of carbonyl (C=O) groups excluding carboxylic acids is 1. The number of anilines is 1. The van der Waals surface area contributed by atoms with Gasteiger partial charge >= 0.3 is 6.03 Å².